The predicted molar refractivity (Wildman–Crippen MR) is 71.6 cm³/mol. The normalized spacial score (nSPS) is 11.7. The largest absolute Gasteiger partial charge is 0.339 e. The van der Waals surface area contributed by atoms with Crippen LogP contribution in [-0.4, -0.2) is 18.0 Å². The molecule has 6 nitrogen and oxygen atoms in total. The molecule has 0 atom stereocenters. The Bertz CT molecular complexity index is 664. The number of imidazole rings is 1. The van der Waals surface area contributed by atoms with E-state index in [-0.39, 0.29) is 11.6 Å². The minimum absolute atomic E-state index is 0.0185. The average molecular weight is 280 g/mol. The van der Waals surface area contributed by atoms with E-state index in [1.54, 1.807) is 11.6 Å². The molecule has 0 spiro atoms. The summed E-state index contributed by atoms with van der Waals surface area (Å²) in [5, 5.41) is 0.0185. The lowest BCUT2D eigenvalue weighted by molar-refractivity contribution is 0.578. The molecule has 0 aliphatic carbocycles. The maximum atomic E-state index is 12.0. The molecular weight excluding hydrogens is 264 g/mol. The van der Waals surface area contributed by atoms with Crippen LogP contribution in [0.4, 0.5) is 0 Å². The number of aromatic nitrogens is 2. The Balaban J connectivity index is 2.09. The molecule has 0 amide bonds. The Morgan fingerprint density at radius 3 is 2.74 bits per heavy atom. The third-order valence-electron chi connectivity index (χ3n) is 2.65. The predicted octanol–water partition coefficient (Wildman–Crippen LogP) is 0.357. The second-order valence-electron chi connectivity index (χ2n) is 4.23. The maximum absolute atomic E-state index is 12.0. The molecular formula is C12H16N4O2S. The molecule has 1 heterocycles. The van der Waals surface area contributed by atoms with Crippen molar-refractivity contribution in [1.29, 1.82) is 0 Å². The van der Waals surface area contributed by atoms with Gasteiger partial charge in [-0.25, -0.2) is 18.1 Å². The lowest BCUT2D eigenvalue weighted by Crippen LogP contribution is -2.23. The molecule has 0 radical (unpaired) electrons. The Morgan fingerprint density at radius 1 is 1.37 bits per heavy atom. The monoisotopic (exact) mass is 280 g/mol. The van der Waals surface area contributed by atoms with Crippen LogP contribution >= 0.6 is 0 Å². The van der Waals surface area contributed by atoms with Crippen molar-refractivity contribution >= 4 is 10.0 Å². The summed E-state index contributed by atoms with van der Waals surface area (Å²) in [6.45, 7) is 0.646. The number of sulfonamides is 1. The Kier molecular flexibility index (Phi) is 3.98. The van der Waals surface area contributed by atoms with Gasteiger partial charge in [0.2, 0.25) is 0 Å². The topological polar surface area (TPSA) is 90.0 Å². The van der Waals surface area contributed by atoms with Gasteiger partial charge in [0, 0.05) is 26.3 Å². The van der Waals surface area contributed by atoms with Gasteiger partial charge >= 0.3 is 0 Å². The highest BCUT2D eigenvalue weighted by molar-refractivity contribution is 7.89. The summed E-state index contributed by atoms with van der Waals surface area (Å²) in [6, 6.07) is 7.48. The first-order valence-electron chi connectivity index (χ1n) is 5.77. The van der Waals surface area contributed by atoms with E-state index in [4.69, 9.17) is 5.73 Å². The maximum Gasteiger partial charge on any atom is 0.259 e. The van der Waals surface area contributed by atoms with Crippen LogP contribution in [0.25, 0.3) is 0 Å². The molecule has 0 bridgehead atoms. The van der Waals surface area contributed by atoms with E-state index < -0.39 is 10.0 Å². The molecule has 0 saturated carbocycles. The average Bonchev–Trinajstić information content (AvgIpc) is 2.84. The number of hydrogen-bond acceptors (Lipinski definition) is 4. The van der Waals surface area contributed by atoms with Crippen molar-refractivity contribution in [2.45, 2.75) is 18.1 Å². The van der Waals surface area contributed by atoms with Gasteiger partial charge in [-0.15, -0.1) is 0 Å². The molecule has 0 aliphatic heterocycles. The van der Waals surface area contributed by atoms with Gasteiger partial charge < -0.3 is 10.3 Å². The first-order valence-corrected chi connectivity index (χ1v) is 7.25. The van der Waals surface area contributed by atoms with E-state index in [2.05, 4.69) is 9.71 Å². The van der Waals surface area contributed by atoms with Crippen LogP contribution in [0.15, 0.2) is 41.8 Å². The molecule has 102 valence electrons. The summed E-state index contributed by atoms with van der Waals surface area (Å²) in [5.41, 5.74) is 7.37. The molecule has 0 saturated heterocycles. The van der Waals surface area contributed by atoms with Gasteiger partial charge in [-0.05, 0) is 11.1 Å². The Labute approximate surface area is 112 Å². The van der Waals surface area contributed by atoms with E-state index in [1.807, 2.05) is 24.3 Å². The second-order valence-corrected chi connectivity index (χ2v) is 5.94. The molecule has 2 aromatic rings. The minimum Gasteiger partial charge on any atom is -0.339 e. The fraction of sp³-hybridized carbons (Fsp3) is 0.250. The van der Waals surface area contributed by atoms with Crippen LogP contribution < -0.4 is 10.5 Å². The van der Waals surface area contributed by atoms with E-state index in [9.17, 15) is 8.42 Å². The molecule has 2 rings (SSSR count). The van der Waals surface area contributed by atoms with E-state index in [0.29, 0.717) is 6.54 Å². The highest BCUT2D eigenvalue weighted by Gasteiger charge is 2.16. The van der Waals surface area contributed by atoms with Crippen LogP contribution in [0.3, 0.4) is 0 Å². The summed E-state index contributed by atoms with van der Waals surface area (Å²) in [7, 11) is -1.85. The van der Waals surface area contributed by atoms with E-state index in [0.717, 1.165) is 11.1 Å². The summed E-state index contributed by atoms with van der Waals surface area (Å²) < 4.78 is 28.0. The Hall–Kier alpha value is -1.70. The zero-order chi connectivity index (χ0) is 13.9. The van der Waals surface area contributed by atoms with Gasteiger partial charge in [0.1, 0.15) is 0 Å². The minimum atomic E-state index is -3.57. The number of nitrogens with two attached hydrogens (primary N) is 1. The zero-order valence-electron chi connectivity index (χ0n) is 10.6. The van der Waals surface area contributed by atoms with Crippen LogP contribution in [0, 0.1) is 0 Å². The van der Waals surface area contributed by atoms with Crippen LogP contribution in [0.1, 0.15) is 11.1 Å². The molecule has 0 aliphatic rings. The Morgan fingerprint density at radius 2 is 2.11 bits per heavy atom. The zero-order valence-corrected chi connectivity index (χ0v) is 11.4. The van der Waals surface area contributed by atoms with Crippen molar-refractivity contribution in [3.8, 4) is 0 Å². The molecule has 19 heavy (non-hydrogen) atoms. The van der Waals surface area contributed by atoms with Gasteiger partial charge in [-0.1, -0.05) is 24.3 Å². The highest BCUT2D eigenvalue weighted by Crippen LogP contribution is 2.08. The molecule has 1 aromatic heterocycles. The molecule has 1 aromatic carbocycles. The molecule has 7 heteroatoms. The molecule has 0 fully saturated rings. The summed E-state index contributed by atoms with van der Waals surface area (Å²) in [5.74, 6) is 0. The third kappa shape index (κ3) is 3.40. The number of nitrogens with zero attached hydrogens (tertiary/aromatic N) is 2. The van der Waals surface area contributed by atoms with Crippen molar-refractivity contribution in [2.24, 2.45) is 12.8 Å². The highest BCUT2D eigenvalue weighted by atomic mass is 32.2. The van der Waals surface area contributed by atoms with Crippen molar-refractivity contribution in [3.63, 3.8) is 0 Å². The summed E-state index contributed by atoms with van der Waals surface area (Å²) in [6.07, 6.45) is 2.91. The van der Waals surface area contributed by atoms with Crippen LogP contribution in [0.5, 0.6) is 0 Å². The number of nitrogens with one attached hydrogen (secondary N) is 1. The molecule has 0 unspecified atom stereocenters. The van der Waals surface area contributed by atoms with E-state index in [1.165, 1.54) is 12.5 Å². The first-order chi connectivity index (χ1) is 9.01. The number of rotatable bonds is 5. The van der Waals surface area contributed by atoms with Gasteiger partial charge in [-0.2, -0.15) is 0 Å². The fourth-order valence-corrected chi connectivity index (χ4v) is 2.64. The molecule has 3 N–H and O–H groups in total. The fourth-order valence-electron chi connectivity index (χ4n) is 1.65. The van der Waals surface area contributed by atoms with Crippen molar-refractivity contribution in [1.82, 2.24) is 14.3 Å². The first kappa shape index (κ1) is 13.7. The number of hydrogen-bond donors (Lipinski definition) is 2. The standard InChI is InChI=1S/C12H16N4O2S/c1-16-8-12(14-9-16)19(17,18)15-7-11-4-2-3-10(5-11)6-13/h2-5,8-9,15H,6-7,13H2,1H3. The van der Waals surface area contributed by atoms with Crippen molar-refractivity contribution < 1.29 is 8.42 Å². The van der Waals surface area contributed by atoms with Gasteiger partial charge in [0.25, 0.3) is 10.0 Å². The van der Waals surface area contributed by atoms with Gasteiger partial charge in [0.05, 0.1) is 6.33 Å². The lowest BCUT2D eigenvalue weighted by atomic mass is 10.1. The SMILES string of the molecule is Cn1cnc(S(=O)(=O)NCc2cccc(CN)c2)c1. The lowest BCUT2D eigenvalue weighted by Gasteiger charge is -2.05. The third-order valence-corrected chi connectivity index (χ3v) is 3.94. The van der Waals surface area contributed by atoms with E-state index >= 15 is 0 Å². The second kappa shape index (κ2) is 5.52. The summed E-state index contributed by atoms with van der Waals surface area (Å²) in [4.78, 5) is 3.83. The quantitative estimate of drug-likeness (QED) is 0.827. The van der Waals surface area contributed by atoms with Crippen molar-refractivity contribution in [3.05, 3.63) is 47.9 Å². The van der Waals surface area contributed by atoms with Gasteiger partial charge in [-0.3, -0.25) is 0 Å². The van der Waals surface area contributed by atoms with Gasteiger partial charge in [0.15, 0.2) is 5.03 Å². The number of aryl methyl sites for hydroxylation is 1. The smallest absolute Gasteiger partial charge is 0.259 e. The van der Waals surface area contributed by atoms with Crippen LogP contribution in [-0.2, 0) is 30.2 Å². The number of benzene rings is 1. The van der Waals surface area contributed by atoms with Crippen molar-refractivity contribution in [2.75, 3.05) is 0 Å². The van der Waals surface area contributed by atoms with Crippen LogP contribution in [0.2, 0.25) is 0 Å². The summed E-state index contributed by atoms with van der Waals surface area (Å²) >= 11 is 0.